The summed E-state index contributed by atoms with van der Waals surface area (Å²) in [5.74, 6) is 0. The zero-order chi connectivity index (χ0) is 18.9. The van der Waals surface area contributed by atoms with Crippen molar-refractivity contribution in [2.75, 3.05) is 6.54 Å². The maximum atomic E-state index is 5.73. The molecule has 1 aromatic heterocycles. The molecule has 2 nitrogen and oxygen atoms in total. The molecule has 0 saturated heterocycles. The van der Waals surface area contributed by atoms with Gasteiger partial charge >= 0.3 is 0 Å². The zero-order valence-corrected chi connectivity index (χ0v) is 16.9. The summed E-state index contributed by atoms with van der Waals surface area (Å²) in [4.78, 5) is 3.73. The minimum atomic E-state index is 0.177. The summed E-state index contributed by atoms with van der Waals surface area (Å²) in [6.07, 6.45) is 3.26. The normalized spacial score (nSPS) is 12.1. The Bertz CT molecular complexity index is 893. The van der Waals surface area contributed by atoms with Crippen LogP contribution in [0.5, 0.6) is 0 Å². The van der Waals surface area contributed by atoms with Gasteiger partial charge in [0, 0.05) is 16.6 Å². The molecule has 3 aromatic rings. The van der Waals surface area contributed by atoms with Crippen molar-refractivity contribution in [2.45, 2.75) is 59.3 Å². The summed E-state index contributed by atoms with van der Waals surface area (Å²) in [5.41, 5.74) is 15.2. The van der Waals surface area contributed by atoms with E-state index < -0.39 is 0 Å². The molecule has 0 unspecified atom stereocenters. The molecule has 0 aliphatic heterocycles. The molecule has 0 bridgehead atoms. The number of hydrogen-bond acceptors (Lipinski definition) is 1. The Kier molecular flexibility index (Phi) is 5.24. The molecule has 3 rings (SSSR count). The molecule has 0 amide bonds. The van der Waals surface area contributed by atoms with E-state index in [2.05, 4.69) is 76.0 Å². The smallest absolute Gasteiger partial charge is 0.0497 e. The highest BCUT2D eigenvalue weighted by Crippen LogP contribution is 2.34. The first-order chi connectivity index (χ1) is 12.3. The van der Waals surface area contributed by atoms with Gasteiger partial charge in [-0.1, -0.05) is 56.7 Å². The van der Waals surface area contributed by atoms with E-state index in [0.29, 0.717) is 0 Å². The molecule has 0 fully saturated rings. The number of benzene rings is 2. The first-order valence-corrected chi connectivity index (χ1v) is 9.74. The second-order valence-corrected chi connectivity index (χ2v) is 8.56. The van der Waals surface area contributed by atoms with E-state index in [9.17, 15) is 0 Å². The Labute approximate surface area is 157 Å². The maximum absolute atomic E-state index is 5.73. The number of unbranched alkanes of at least 4 members (excludes halogenated alkanes) is 1. The topological polar surface area (TPSA) is 41.8 Å². The Morgan fingerprint density at radius 3 is 2.27 bits per heavy atom. The van der Waals surface area contributed by atoms with E-state index in [0.717, 1.165) is 25.8 Å². The van der Waals surface area contributed by atoms with Crippen molar-refractivity contribution in [3.63, 3.8) is 0 Å². The minimum Gasteiger partial charge on any atom is -0.354 e. The van der Waals surface area contributed by atoms with Gasteiger partial charge in [0.05, 0.1) is 0 Å². The quantitative estimate of drug-likeness (QED) is 0.543. The van der Waals surface area contributed by atoms with Gasteiger partial charge in [-0.15, -0.1) is 0 Å². The Morgan fingerprint density at radius 2 is 1.65 bits per heavy atom. The number of hydrogen-bond donors (Lipinski definition) is 2. The highest BCUT2D eigenvalue weighted by Gasteiger charge is 2.17. The van der Waals surface area contributed by atoms with Gasteiger partial charge in [-0.2, -0.15) is 0 Å². The van der Waals surface area contributed by atoms with Crippen LogP contribution in [0.25, 0.3) is 22.2 Å². The molecular formula is C24H32N2. The second-order valence-electron chi connectivity index (χ2n) is 8.56. The number of nitrogens with one attached hydrogen (secondary N) is 1. The van der Waals surface area contributed by atoms with Crippen LogP contribution in [0.1, 0.15) is 55.9 Å². The molecule has 0 aliphatic carbocycles. The molecule has 1 heterocycles. The molecule has 3 N–H and O–H groups in total. The van der Waals surface area contributed by atoms with E-state index in [-0.39, 0.29) is 5.41 Å². The maximum Gasteiger partial charge on any atom is 0.0497 e. The van der Waals surface area contributed by atoms with E-state index in [1.165, 1.54) is 44.4 Å². The van der Waals surface area contributed by atoms with Crippen molar-refractivity contribution >= 4 is 10.9 Å². The van der Waals surface area contributed by atoms with Gasteiger partial charge in [0.1, 0.15) is 0 Å². The highest BCUT2D eigenvalue weighted by atomic mass is 14.7. The van der Waals surface area contributed by atoms with E-state index in [4.69, 9.17) is 5.73 Å². The predicted octanol–water partition coefficient (Wildman–Crippen LogP) is 6.03. The third-order valence-electron chi connectivity index (χ3n) is 5.28. The fourth-order valence-electron chi connectivity index (χ4n) is 3.80. The van der Waals surface area contributed by atoms with Gasteiger partial charge in [-0.05, 0) is 73.4 Å². The van der Waals surface area contributed by atoms with Crippen LogP contribution in [0.3, 0.4) is 0 Å². The molecule has 26 heavy (non-hydrogen) atoms. The van der Waals surface area contributed by atoms with Crippen molar-refractivity contribution in [3.8, 4) is 11.3 Å². The number of rotatable bonds is 5. The summed E-state index contributed by atoms with van der Waals surface area (Å²) in [6, 6.07) is 13.6. The molecule has 138 valence electrons. The average molecular weight is 349 g/mol. The lowest BCUT2D eigenvalue weighted by Gasteiger charge is -2.19. The van der Waals surface area contributed by atoms with Crippen LogP contribution in [0.4, 0.5) is 0 Å². The Balaban J connectivity index is 2.11. The zero-order valence-electron chi connectivity index (χ0n) is 16.9. The third kappa shape index (κ3) is 3.71. The van der Waals surface area contributed by atoms with Gasteiger partial charge in [-0.3, -0.25) is 0 Å². The van der Waals surface area contributed by atoms with E-state index in [1.54, 1.807) is 0 Å². The third-order valence-corrected chi connectivity index (χ3v) is 5.28. The predicted molar refractivity (Wildman–Crippen MR) is 114 cm³/mol. The van der Waals surface area contributed by atoms with Gasteiger partial charge in [0.25, 0.3) is 0 Å². The van der Waals surface area contributed by atoms with Crippen LogP contribution in [0, 0.1) is 13.8 Å². The fraction of sp³-hybridized carbons (Fsp3) is 0.417. The molecule has 2 aromatic carbocycles. The molecule has 2 heteroatoms. The van der Waals surface area contributed by atoms with Crippen molar-refractivity contribution in [2.24, 2.45) is 5.73 Å². The van der Waals surface area contributed by atoms with E-state index in [1.807, 2.05) is 0 Å². The van der Waals surface area contributed by atoms with Crippen LogP contribution >= 0.6 is 0 Å². The molecule has 0 atom stereocenters. The van der Waals surface area contributed by atoms with E-state index >= 15 is 0 Å². The van der Waals surface area contributed by atoms with Crippen molar-refractivity contribution in [3.05, 3.63) is 58.7 Å². The van der Waals surface area contributed by atoms with Gasteiger partial charge in [0.15, 0.2) is 0 Å². The minimum absolute atomic E-state index is 0.177. The van der Waals surface area contributed by atoms with Crippen LogP contribution in [-0.2, 0) is 11.8 Å². The number of aryl methyl sites for hydroxylation is 3. The van der Waals surface area contributed by atoms with Crippen molar-refractivity contribution in [1.29, 1.82) is 0 Å². The summed E-state index contributed by atoms with van der Waals surface area (Å²) < 4.78 is 0. The number of aromatic amines is 1. The van der Waals surface area contributed by atoms with Gasteiger partial charge in [-0.25, -0.2) is 0 Å². The van der Waals surface area contributed by atoms with Crippen LogP contribution in [-0.4, -0.2) is 11.5 Å². The summed E-state index contributed by atoms with van der Waals surface area (Å²) in [6.45, 7) is 11.9. The SMILES string of the molecule is Cc1cc(C)c2[nH]c(-c3ccc(C(C)(C)C)cc3)c(CCCCN)c2c1. The molecule has 0 spiro atoms. The van der Waals surface area contributed by atoms with Crippen molar-refractivity contribution < 1.29 is 0 Å². The first kappa shape index (κ1) is 18.7. The second kappa shape index (κ2) is 7.28. The Morgan fingerprint density at radius 1 is 0.962 bits per heavy atom. The van der Waals surface area contributed by atoms with Crippen LogP contribution < -0.4 is 5.73 Å². The number of aromatic nitrogens is 1. The molecular weight excluding hydrogens is 316 g/mol. The number of nitrogens with two attached hydrogens (primary N) is 1. The Hall–Kier alpha value is -2.06. The van der Waals surface area contributed by atoms with Crippen LogP contribution in [0.15, 0.2) is 36.4 Å². The number of H-pyrrole nitrogens is 1. The summed E-state index contributed by atoms with van der Waals surface area (Å²) >= 11 is 0. The first-order valence-electron chi connectivity index (χ1n) is 9.74. The lowest BCUT2D eigenvalue weighted by atomic mass is 9.86. The lowest BCUT2D eigenvalue weighted by Crippen LogP contribution is -2.10. The monoisotopic (exact) mass is 348 g/mol. The average Bonchev–Trinajstić information content (AvgIpc) is 2.93. The lowest BCUT2D eigenvalue weighted by molar-refractivity contribution is 0.590. The van der Waals surface area contributed by atoms with Gasteiger partial charge < -0.3 is 10.7 Å². The van der Waals surface area contributed by atoms with Crippen LogP contribution in [0.2, 0.25) is 0 Å². The summed E-state index contributed by atoms with van der Waals surface area (Å²) in [7, 11) is 0. The highest BCUT2D eigenvalue weighted by molar-refractivity contribution is 5.93. The van der Waals surface area contributed by atoms with Crippen molar-refractivity contribution in [1.82, 2.24) is 4.98 Å². The standard InChI is InChI=1S/C24H32N2/c1-16-14-17(2)22-21(15-16)20(8-6-7-13-25)23(26-22)18-9-11-19(12-10-18)24(3,4)5/h9-12,14-15,26H,6-8,13,25H2,1-5H3. The molecule has 0 radical (unpaired) electrons. The summed E-state index contributed by atoms with van der Waals surface area (Å²) in [5, 5.41) is 1.37. The largest absolute Gasteiger partial charge is 0.354 e. The van der Waals surface area contributed by atoms with Gasteiger partial charge in [0.2, 0.25) is 0 Å². The molecule has 0 aliphatic rings. The molecule has 0 saturated carbocycles. The fourth-order valence-corrected chi connectivity index (χ4v) is 3.80. The number of fused-ring (bicyclic) bond motifs is 1.